The van der Waals surface area contributed by atoms with E-state index in [4.69, 9.17) is 18.5 Å². The van der Waals surface area contributed by atoms with Crippen molar-refractivity contribution in [1.82, 2.24) is 14.6 Å². The van der Waals surface area contributed by atoms with E-state index in [2.05, 4.69) is 5.09 Å². The van der Waals surface area contributed by atoms with E-state index in [0.717, 1.165) is 6.92 Å². The Hall–Kier alpha value is -3.82. The molecule has 3 N–H and O–H groups in total. The number of aliphatic hydroxyl groups is 1. The van der Waals surface area contributed by atoms with Gasteiger partial charge in [-0.1, -0.05) is 48.5 Å². The van der Waals surface area contributed by atoms with Crippen LogP contribution in [0.4, 0.5) is 17.6 Å². The average molecular weight is 631 g/mol. The molecule has 2 aromatic carbocycles. The Labute approximate surface area is 240 Å². The van der Waals surface area contributed by atoms with Crippen LogP contribution in [0.25, 0.3) is 0 Å². The molecule has 1 aliphatic heterocycles. The fourth-order valence-corrected chi connectivity index (χ4v) is 5.77. The van der Waals surface area contributed by atoms with Crippen molar-refractivity contribution in [3.05, 3.63) is 99.1 Å². The molecule has 1 fully saturated rings. The topological polar surface area (TPSA) is 158 Å². The van der Waals surface area contributed by atoms with Crippen LogP contribution in [0, 0.1) is 5.82 Å². The molecular formula is C26H26F4N3O9P. The molecule has 0 spiro atoms. The first kappa shape index (κ1) is 32.1. The summed E-state index contributed by atoms with van der Waals surface area (Å²) in [6, 6.07) is 13.9. The van der Waals surface area contributed by atoms with Gasteiger partial charge in [0.15, 0.2) is 6.10 Å². The molecule has 4 rings (SSSR count). The number of benzene rings is 2. The zero-order chi connectivity index (χ0) is 31.4. The molecule has 1 unspecified atom stereocenters. The highest BCUT2D eigenvalue weighted by Crippen LogP contribution is 2.50. The molecule has 0 amide bonds. The van der Waals surface area contributed by atoms with Crippen LogP contribution in [0.5, 0.6) is 5.75 Å². The van der Waals surface area contributed by atoms with Gasteiger partial charge in [0.1, 0.15) is 30.7 Å². The Morgan fingerprint density at radius 2 is 1.79 bits per heavy atom. The van der Waals surface area contributed by atoms with Gasteiger partial charge in [-0.05, 0) is 24.6 Å². The quantitative estimate of drug-likeness (QED) is 0.163. The summed E-state index contributed by atoms with van der Waals surface area (Å²) in [5.74, 6) is -2.61. The molecule has 43 heavy (non-hydrogen) atoms. The molecule has 232 valence electrons. The summed E-state index contributed by atoms with van der Waals surface area (Å²) in [6.45, 7) is 0.976. The Balaban J connectivity index is 1.58. The second kappa shape index (κ2) is 13.2. The summed E-state index contributed by atoms with van der Waals surface area (Å²) < 4.78 is 91.8. The SMILES string of the molecule is C[C@H](N[P@@](=O)(Oc1ccccc1)O[C@@H]([C@H]1O[C@@H](n2cc(F)c(=O)[nH]c2=O)CC1O)C(F)(F)F)C(=O)OCc1ccccc1. The predicted molar refractivity (Wildman–Crippen MR) is 140 cm³/mol. The lowest BCUT2D eigenvalue weighted by Gasteiger charge is -2.31. The Kier molecular flexibility index (Phi) is 9.87. The number of hydrogen-bond acceptors (Lipinski definition) is 9. The van der Waals surface area contributed by atoms with Crippen molar-refractivity contribution in [2.24, 2.45) is 0 Å². The van der Waals surface area contributed by atoms with Crippen molar-refractivity contribution in [2.75, 3.05) is 0 Å². The molecule has 6 atom stereocenters. The monoisotopic (exact) mass is 631 g/mol. The summed E-state index contributed by atoms with van der Waals surface area (Å²) in [4.78, 5) is 37.7. The van der Waals surface area contributed by atoms with Crippen molar-refractivity contribution in [2.45, 2.75) is 56.7 Å². The Morgan fingerprint density at radius 3 is 2.42 bits per heavy atom. The van der Waals surface area contributed by atoms with Gasteiger partial charge in [0.2, 0.25) is 5.82 Å². The number of nitrogens with zero attached hydrogens (tertiary/aromatic N) is 1. The first-order valence-electron chi connectivity index (χ1n) is 12.7. The standard InChI is InChI=1S/C26H26F4N3O9P/c1-15(24(36)39-14-16-8-4-2-5-9-16)32-43(38,41-17-10-6-3-7-11-17)42-22(26(28,29)30)21-19(34)12-20(40-21)33-13-18(27)23(35)31-25(33)37/h2-11,13,15,19-22,34H,12,14H2,1H3,(H,32,38)(H,31,35,37)/t15-,19?,20+,21-,22-,43+/m0/s1. The lowest BCUT2D eigenvalue weighted by atomic mass is 10.1. The van der Waals surface area contributed by atoms with Crippen LogP contribution in [0.2, 0.25) is 0 Å². The maximum Gasteiger partial charge on any atom is 0.460 e. The first-order valence-corrected chi connectivity index (χ1v) is 14.2. The minimum absolute atomic E-state index is 0.185. The van der Waals surface area contributed by atoms with Crippen LogP contribution in [-0.2, 0) is 30.0 Å². The highest BCUT2D eigenvalue weighted by molar-refractivity contribution is 7.52. The Morgan fingerprint density at radius 1 is 1.16 bits per heavy atom. The molecule has 3 aromatic rings. The molecule has 0 saturated carbocycles. The van der Waals surface area contributed by atoms with Gasteiger partial charge >= 0.3 is 25.6 Å². The number of nitrogens with one attached hydrogen (secondary N) is 2. The first-order chi connectivity index (χ1) is 20.3. The summed E-state index contributed by atoms with van der Waals surface area (Å²) in [7, 11) is -5.13. The number of halogens is 4. The van der Waals surface area contributed by atoms with Gasteiger partial charge in [-0.25, -0.2) is 9.36 Å². The maximum atomic E-state index is 14.4. The van der Waals surface area contributed by atoms with Gasteiger partial charge in [-0.2, -0.15) is 22.6 Å². The van der Waals surface area contributed by atoms with Crippen LogP contribution in [0.1, 0.15) is 25.1 Å². The molecule has 0 radical (unpaired) electrons. The van der Waals surface area contributed by atoms with Crippen LogP contribution in [0.3, 0.4) is 0 Å². The normalized spacial score (nSPS) is 21.5. The summed E-state index contributed by atoms with van der Waals surface area (Å²) in [5.41, 5.74) is -1.96. The fraction of sp³-hybridized carbons (Fsp3) is 0.346. The molecule has 1 saturated heterocycles. The van der Waals surface area contributed by atoms with Gasteiger partial charge in [-0.15, -0.1) is 0 Å². The van der Waals surface area contributed by atoms with Crippen molar-refractivity contribution < 1.29 is 50.5 Å². The average Bonchev–Trinajstić information content (AvgIpc) is 3.33. The molecule has 12 nitrogen and oxygen atoms in total. The number of aromatic amines is 1. The minimum Gasteiger partial charge on any atom is -0.460 e. The third-order valence-corrected chi connectivity index (χ3v) is 7.80. The maximum absolute atomic E-state index is 14.4. The smallest absolute Gasteiger partial charge is 0.460 e. The van der Waals surface area contributed by atoms with E-state index < -0.39 is 74.0 Å². The van der Waals surface area contributed by atoms with E-state index in [-0.39, 0.29) is 12.4 Å². The number of aromatic nitrogens is 2. The van der Waals surface area contributed by atoms with Crippen LogP contribution >= 0.6 is 7.75 Å². The summed E-state index contributed by atoms with van der Waals surface area (Å²) >= 11 is 0. The number of carbonyl (C=O) groups excluding carboxylic acids is 1. The Bertz CT molecular complexity index is 1570. The van der Waals surface area contributed by atoms with Gasteiger partial charge in [-0.3, -0.25) is 23.7 Å². The lowest BCUT2D eigenvalue weighted by molar-refractivity contribution is -0.237. The highest BCUT2D eigenvalue weighted by Gasteiger charge is 2.56. The van der Waals surface area contributed by atoms with Crippen molar-refractivity contribution in [3.8, 4) is 5.75 Å². The van der Waals surface area contributed by atoms with Crippen molar-refractivity contribution in [3.63, 3.8) is 0 Å². The predicted octanol–water partition coefficient (Wildman–Crippen LogP) is 3.18. The van der Waals surface area contributed by atoms with E-state index in [9.17, 15) is 41.6 Å². The van der Waals surface area contributed by atoms with Crippen LogP contribution in [-0.4, -0.2) is 51.2 Å². The van der Waals surface area contributed by atoms with E-state index in [1.807, 2.05) is 0 Å². The van der Waals surface area contributed by atoms with Gasteiger partial charge < -0.3 is 19.1 Å². The molecular weight excluding hydrogens is 605 g/mol. The highest BCUT2D eigenvalue weighted by atomic mass is 31.2. The largest absolute Gasteiger partial charge is 0.460 e. The molecule has 1 aromatic heterocycles. The second-order valence-electron chi connectivity index (χ2n) is 9.42. The third-order valence-electron chi connectivity index (χ3n) is 6.14. The van der Waals surface area contributed by atoms with E-state index in [0.29, 0.717) is 16.3 Å². The van der Waals surface area contributed by atoms with Crippen molar-refractivity contribution >= 4 is 13.7 Å². The van der Waals surface area contributed by atoms with Gasteiger partial charge in [0, 0.05) is 6.42 Å². The van der Waals surface area contributed by atoms with E-state index >= 15 is 0 Å². The zero-order valence-corrected chi connectivity index (χ0v) is 23.2. The number of hydrogen-bond donors (Lipinski definition) is 3. The lowest BCUT2D eigenvalue weighted by Crippen LogP contribution is -2.48. The number of aliphatic hydroxyl groups excluding tert-OH is 1. The second-order valence-corrected chi connectivity index (χ2v) is 11.1. The number of H-pyrrole nitrogens is 1. The summed E-state index contributed by atoms with van der Waals surface area (Å²) in [6.07, 6.45) is -14.7. The third kappa shape index (κ3) is 8.18. The van der Waals surface area contributed by atoms with Crippen LogP contribution < -0.4 is 20.9 Å². The zero-order valence-electron chi connectivity index (χ0n) is 22.3. The molecule has 0 aliphatic carbocycles. The number of carbonyl (C=O) groups is 1. The molecule has 0 bridgehead atoms. The molecule has 17 heteroatoms. The number of esters is 1. The number of para-hydroxylation sites is 1. The summed E-state index contributed by atoms with van der Waals surface area (Å²) in [5, 5.41) is 12.6. The van der Waals surface area contributed by atoms with Crippen molar-refractivity contribution in [1.29, 1.82) is 0 Å². The van der Waals surface area contributed by atoms with E-state index in [1.54, 1.807) is 41.4 Å². The van der Waals surface area contributed by atoms with E-state index in [1.165, 1.54) is 24.3 Å². The van der Waals surface area contributed by atoms with Crippen LogP contribution in [0.15, 0.2) is 76.4 Å². The minimum atomic E-state index is -5.35. The van der Waals surface area contributed by atoms with Gasteiger partial charge in [0.05, 0.1) is 12.3 Å². The van der Waals surface area contributed by atoms with Gasteiger partial charge in [0.25, 0.3) is 5.56 Å². The number of ether oxygens (including phenoxy) is 2. The molecule has 1 aliphatic rings. The number of alkyl halides is 3. The number of rotatable bonds is 11. The molecule has 2 heterocycles. The fourth-order valence-electron chi connectivity index (χ4n) is 4.09.